The van der Waals surface area contributed by atoms with Crippen molar-refractivity contribution in [1.29, 1.82) is 0 Å². The van der Waals surface area contributed by atoms with Crippen LogP contribution in [0.2, 0.25) is 0 Å². The number of urea groups is 1. The van der Waals surface area contributed by atoms with Crippen LogP contribution in [0.25, 0.3) is 0 Å². The van der Waals surface area contributed by atoms with Crippen LogP contribution in [0.3, 0.4) is 0 Å². The molecule has 1 fully saturated rings. The summed E-state index contributed by atoms with van der Waals surface area (Å²) in [5.74, 6) is -0.748. The molecule has 0 radical (unpaired) electrons. The Hall–Kier alpha value is -2.18. The fourth-order valence-electron chi connectivity index (χ4n) is 1.90. The molecule has 0 aliphatic carbocycles. The third-order valence-corrected chi connectivity index (χ3v) is 2.96. The first-order chi connectivity index (χ1) is 9.04. The molecular weight excluding hydrogens is 248 g/mol. The lowest BCUT2D eigenvalue weighted by Crippen LogP contribution is -2.54. The summed E-state index contributed by atoms with van der Waals surface area (Å²) in [6.07, 6.45) is 3.39. The molecule has 1 aromatic heterocycles. The van der Waals surface area contributed by atoms with E-state index < -0.39 is 5.97 Å². The van der Waals surface area contributed by atoms with Gasteiger partial charge >= 0.3 is 12.0 Å². The molecule has 7 heteroatoms. The monoisotopic (exact) mass is 264 g/mol. The van der Waals surface area contributed by atoms with Crippen molar-refractivity contribution in [2.45, 2.75) is 19.9 Å². The van der Waals surface area contributed by atoms with E-state index >= 15 is 0 Å². The fourth-order valence-corrected chi connectivity index (χ4v) is 1.90. The number of likely N-dealkylation sites (tertiary alicyclic amines) is 1. The summed E-state index contributed by atoms with van der Waals surface area (Å²) in [6, 6.07) is -0.191. The number of amides is 2. The number of hydrogen-bond donors (Lipinski definition) is 2. The third-order valence-electron chi connectivity index (χ3n) is 2.96. The van der Waals surface area contributed by atoms with Crippen LogP contribution in [0, 0.1) is 12.8 Å². The minimum Gasteiger partial charge on any atom is -0.481 e. The Kier molecular flexibility index (Phi) is 3.94. The van der Waals surface area contributed by atoms with E-state index in [0.29, 0.717) is 25.3 Å². The predicted molar refractivity (Wildman–Crippen MR) is 66.3 cm³/mol. The van der Waals surface area contributed by atoms with E-state index in [1.165, 1.54) is 0 Å². The fraction of sp³-hybridized carbons (Fsp3) is 0.500. The van der Waals surface area contributed by atoms with Gasteiger partial charge in [-0.05, 0) is 6.92 Å². The zero-order valence-corrected chi connectivity index (χ0v) is 10.7. The zero-order valence-electron chi connectivity index (χ0n) is 10.7. The number of carbonyl (C=O) groups is 2. The summed E-state index contributed by atoms with van der Waals surface area (Å²) >= 11 is 0. The van der Waals surface area contributed by atoms with Gasteiger partial charge in [0.05, 0.1) is 30.6 Å². The van der Waals surface area contributed by atoms with Crippen LogP contribution in [-0.4, -0.2) is 45.1 Å². The average Bonchev–Trinajstić information content (AvgIpc) is 2.32. The lowest BCUT2D eigenvalue weighted by molar-refractivity contribution is -0.139. The van der Waals surface area contributed by atoms with Gasteiger partial charge < -0.3 is 15.3 Å². The number of nitrogens with zero attached hydrogens (tertiary/aromatic N) is 3. The second kappa shape index (κ2) is 5.64. The smallest absolute Gasteiger partial charge is 0.317 e. The van der Waals surface area contributed by atoms with Crippen molar-refractivity contribution in [3.8, 4) is 0 Å². The maximum Gasteiger partial charge on any atom is 0.317 e. The first-order valence-corrected chi connectivity index (χ1v) is 6.06. The summed E-state index contributed by atoms with van der Waals surface area (Å²) in [6.45, 7) is 3.17. The molecule has 1 aliphatic heterocycles. The van der Waals surface area contributed by atoms with E-state index in [1.807, 2.05) is 6.92 Å². The lowest BCUT2D eigenvalue weighted by Gasteiger charge is -2.38. The molecule has 2 heterocycles. The van der Waals surface area contributed by atoms with E-state index in [2.05, 4.69) is 15.3 Å². The number of carbonyl (C=O) groups excluding carboxylic acids is 1. The summed E-state index contributed by atoms with van der Waals surface area (Å²) in [5.41, 5.74) is 1.52. The number of carboxylic acids is 1. The highest BCUT2D eigenvalue weighted by molar-refractivity contribution is 5.75. The van der Waals surface area contributed by atoms with E-state index in [4.69, 9.17) is 5.11 Å². The predicted octanol–water partition coefficient (Wildman–Crippen LogP) is 0.401. The molecule has 1 saturated heterocycles. The van der Waals surface area contributed by atoms with E-state index in [1.54, 1.807) is 17.3 Å². The van der Waals surface area contributed by atoms with Gasteiger partial charge in [0.1, 0.15) is 0 Å². The molecule has 1 aliphatic rings. The number of aryl methyl sites for hydroxylation is 1. The Balaban J connectivity index is 1.71. The van der Waals surface area contributed by atoms with Gasteiger partial charge in [0.15, 0.2) is 0 Å². The molecule has 0 unspecified atom stereocenters. The van der Waals surface area contributed by atoms with Crippen LogP contribution in [0.15, 0.2) is 12.4 Å². The maximum absolute atomic E-state index is 11.7. The first kappa shape index (κ1) is 13.3. The number of aliphatic carboxylic acids is 1. The van der Waals surface area contributed by atoms with Gasteiger partial charge in [-0.1, -0.05) is 0 Å². The number of aromatic nitrogens is 2. The van der Waals surface area contributed by atoms with Gasteiger partial charge in [0.2, 0.25) is 0 Å². The molecule has 0 spiro atoms. The molecule has 0 bridgehead atoms. The highest BCUT2D eigenvalue weighted by atomic mass is 16.4. The normalized spacial score (nSPS) is 14.9. The minimum atomic E-state index is -0.819. The van der Waals surface area contributed by atoms with Crippen LogP contribution in [0.4, 0.5) is 4.79 Å². The van der Waals surface area contributed by atoms with Crippen LogP contribution < -0.4 is 5.32 Å². The van der Waals surface area contributed by atoms with E-state index in [9.17, 15) is 9.59 Å². The number of rotatable bonds is 4. The molecule has 19 heavy (non-hydrogen) atoms. The lowest BCUT2D eigenvalue weighted by atomic mass is 9.97. The van der Waals surface area contributed by atoms with Gasteiger partial charge in [-0.2, -0.15) is 0 Å². The minimum absolute atomic E-state index is 0.0717. The van der Waals surface area contributed by atoms with Crippen molar-refractivity contribution in [2.24, 2.45) is 5.92 Å². The topological polar surface area (TPSA) is 95.4 Å². The second-order valence-corrected chi connectivity index (χ2v) is 4.68. The number of nitrogens with one attached hydrogen (secondary N) is 1. The molecule has 102 valence electrons. The van der Waals surface area contributed by atoms with Crippen LogP contribution in [-0.2, 0) is 11.3 Å². The van der Waals surface area contributed by atoms with Crippen molar-refractivity contribution >= 4 is 12.0 Å². The van der Waals surface area contributed by atoms with Gasteiger partial charge in [-0.25, -0.2) is 4.79 Å². The Morgan fingerprint density at radius 1 is 1.42 bits per heavy atom. The SMILES string of the molecule is Cc1cnc(CNC(=O)N2CC(CC(=O)O)C2)cn1. The molecule has 2 N–H and O–H groups in total. The summed E-state index contributed by atoms with van der Waals surface area (Å²) in [5, 5.41) is 11.3. The average molecular weight is 264 g/mol. The van der Waals surface area contributed by atoms with Gasteiger partial charge in [-0.15, -0.1) is 0 Å². The second-order valence-electron chi connectivity index (χ2n) is 4.68. The van der Waals surface area contributed by atoms with Crippen molar-refractivity contribution in [3.05, 3.63) is 23.8 Å². The standard InChI is InChI=1S/C12H16N4O3/c1-8-3-14-10(4-13-8)5-15-12(19)16-6-9(7-16)2-11(17)18/h3-4,9H,2,5-7H2,1H3,(H,15,19)(H,17,18). The Morgan fingerprint density at radius 2 is 2.16 bits per heavy atom. The van der Waals surface area contributed by atoms with Gasteiger partial charge in [0, 0.05) is 25.2 Å². The van der Waals surface area contributed by atoms with Crippen molar-refractivity contribution in [2.75, 3.05) is 13.1 Å². The number of carboxylic acid groups (broad SMARTS) is 1. The van der Waals surface area contributed by atoms with Crippen LogP contribution in [0.1, 0.15) is 17.8 Å². The Morgan fingerprint density at radius 3 is 2.74 bits per heavy atom. The molecular formula is C12H16N4O3. The first-order valence-electron chi connectivity index (χ1n) is 6.06. The third kappa shape index (κ3) is 3.64. The maximum atomic E-state index is 11.7. The molecule has 2 amide bonds. The zero-order chi connectivity index (χ0) is 13.8. The Bertz CT molecular complexity index is 468. The van der Waals surface area contributed by atoms with Crippen molar-refractivity contribution in [3.63, 3.8) is 0 Å². The highest BCUT2D eigenvalue weighted by Crippen LogP contribution is 2.18. The Labute approximate surface area is 110 Å². The summed E-state index contributed by atoms with van der Waals surface area (Å²) in [4.78, 5) is 32.0. The summed E-state index contributed by atoms with van der Waals surface area (Å²) < 4.78 is 0. The van der Waals surface area contributed by atoms with Crippen LogP contribution in [0.5, 0.6) is 0 Å². The number of hydrogen-bond acceptors (Lipinski definition) is 4. The molecule has 1 aromatic rings. The molecule has 0 saturated carbocycles. The molecule has 0 atom stereocenters. The summed E-state index contributed by atoms with van der Waals surface area (Å²) in [7, 11) is 0. The van der Waals surface area contributed by atoms with E-state index in [-0.39, 0.29) is 18.4 Å². The quantitative estimate of drug-likeness (QED) is 0.820. The van der Waals surface area contributed by atoms with Crippen molar-refractivity contribution in [1.82, 2.24) is 20.2 Å². The van der Waals surface area contributed by atoms with Crippen LogP contribution >= 0.6 is 0 Å². The van der Waals surface area contributed by atoms with Gasteiger partial charge in [0.25, 0.3) is 0 Å². The largest absolute Gasteiger partial charge is 0.481 e. The van der Waals surface area contributed by atoms with Crippen molar-refractivity contribution < 1.29 is 14.7 Å². The molecule has 7 nitrogen and oxygen atoms in total. The van der Waals surface area contributed by atoms with Gasteiger partial charge in [-0.3, -0.25) is 14.8 Å². The molecule has 2 rings (SSSR count). The van der Waals surface area contributed by atoms with E-state index in [0.717, 1.165) is 5.69 Å². The highest BCUT2D eigenvalue weighted by Gasteiger charge is 2.31. The molecule has 0 aromatic carbocycles.